The van der Waals surface area contributed by atoms with Crippen LogP contribution in [0.5, 0.6) is 17.2 Å². The number of hydrogen-bond donors (Lipinski definition) is 1. The molecule has 0 aliphatic rings. The lowest BCUT2D eigenvalue weighted by atomic mass is 10.1. The van der Waals surface area contributed by atoms with Crippen molar-refractivity contribution in [3.05, 3.63) is 12.1 Å². The minimum Gasteiger partial charge on any atom is -0.493 e. The smallest absolute Gasteiger partial charge is 0.230 e. The molecule has 0 bridgehead atoms. The van der Waals surface area contributed by atoms with Crippen LogP contribution in [0.1, 0.15) is 6.92 Å². The average molecular weight is 296 g/mol. The van der Waals surface area contributed by atoms with Gasteiger partial charge < -0.3 is 24.4 Å². The van der Waals surface area contributed by atoms with Crippen LogP contribution in [0.4, 0.5) is 5.69 Å². The first-order chi connectivity index (χ1) is 9.99. The molecule has 1 aromatic rings. The Kier molecular flexibility index (Phi) is 6.30. The normalized spacial score (nSPS) is 11.7. The molecule has 0 aliphatic heterocycles. The predicted molar refractivity (Wildman–Crippen MR) is 82.6 cm³/mol. The van der Waals surface area contributed by atoms with Crippen LogP contribution in [0.25, 0.3) is 0 Å². The standard InChI is InChI=1S/C15H24N2O4/c1-10(9-16-2)15(18)17(3)11-7-12(19-4)14(21-6)13(8-11)20-5/h7-8,10,16H,9H2,1-6H3. The first kappa shape index (κ1) is 17.1. The highest BCUT2D eigenvalue weighted by Crippen LogP contribution is 2.40. The zero-order valence-electron chi connectivity index (χ0n) is 13.5. The molecule has 1 atom stereocenters. The summed E-state index contributed by atoms with van der Waals surface area (Å²) in [6.07, 6.45) is 0. The van der Waals surface area contributed by atoms with Gasteiger partial charge in [0.25, 0.3) is 0 Å². The van der Waals surface area contributed by atoms with Gasteiger partial charge in [0.1, 0.15) is 0 Å². The first-order valence-corrected chi connectivity index (χ1v) is 6.72. The van der Waals surface area contributed by atoms with Crippen molar-refractivity contribution in [3.63, 3.8) is 0 Å². The molecular weight excluding hydrogens is 272 g/mol. The molecule has 0 heterocycles. The summed E-state index contributed by atoms with van der Waals surface area (Å²) in [5.41, 5.74) is 0.692. The highest BCUT2D eigenvalue weighted by molar-refractivity contribution is 5.95. The molecule has 21 heavy (non-hydrogen) atoms. The highest BCUT2D eigenvalue weighted by Gasteiger charge is 2.21. The second kappa shape index (κ2) is 7.73. The van der Waals surface area contributed by atoms with E-state index in [1.807, 2.05) is 14.0 Å². The number of benzene rings is 1. The maximum Gasteiger partial charge on any atom is 0.230 e. The van der Waals surface area contributed by atoms with E-state index < -0.39 is 0 Å². The van der Waals surface area contributed by atoms with E-state index in [-0.39, 0.29) is 11.8 Å². The molecule has 0 spiro atoms. The number of methoxy groups -OCH3 is 3. The van der Waals surface area contributed by atoms with Crippen molar-refractivity contribution in [1.82, 2.24) is 5.32 Å². The van der Waals surface area contributed by atoms with E-state index in [2.05, 4.69) is 5.32 Å². The molecule has 0 fully saturated rings. The van der Waals surface area contributed by atoms with E-state index in [0.717, 1.165) is 0 Å². The molecule has 6 heteroatoms. The van der Waals surface area contributed by atoms with E-state index in [4.69, 9.17) is 14.2 Å². The van der Waals surface area contributed by atoms with Gasteiger partial charge in [0.2, 0.25) is 11.7 Å². The van der Waals surface area contributed by atoms with Gasteiger partial charge in [-0.25, -0.2) is 0 Å². The topological polar surface area (TPSA) is 60.0 Å². The molecule has 1 N–H and O–H groups in total. The summed E-state index contributed by atoms with van der Waals surface area (Å²) in [6.45, 7) is 2.50. The van der Waals surface area contributed by atoms with Gasteiger partial charge in [-0.15, -0.1) is 0 Å². The zero-order valence-corrected chi connectivity index (χ0v) is 13.5. The van der Waals surface area contributed by atoms with Crippen molar-refractivity contribution in [2.75, 3.05) is 46.9 Å². The second-order valence-corrected chi connectivity index (χ2v) is 4.74. The predicted octanol–water partition coefficient (Wildman–Crippen LogP) is 1.53. The Hall–Kier alpha value is -1.95. The average Bonchev–Trinajstić information content (AvgIpc) is 2.51. The molecule has 1 amide bonds. The van der Waals surface area contributed by atoms with Gasteiger partial charge in [-0.2, -0.15) is 0 Å². The number of rotatable bonds is 7. The number of hydrogen-bond acceptors (Lipinski definition) is 5. The monoisotopic (exact) mass is 296 g/mol. The van der Waals surface area contributed by atoms with Crippen molar-refractivity contribution in [2.24, 2.45) is 5.92 Å². The number of carbonyl (C=O) groups excluding carboxylic acids is 1. The quantitative estimate of drug-likeness (QED) is 0.827. The lowest BCUT2D eigenvalue weighted by Crippen LogP contribution is -2.36. The van der Waals surface area contributed by atoms with Crippen molar-refractivity contribution >= 4 is 11.6 Å². The largest absolute Gasteiger partial charge is 0.493 e. The third-order valence-electron chi connectivity index (χ3n) is 3.30. The molecule has 0 saturated carbocycles. The fourth-order valence-corrected chi connectivity index (χ4v) is 2.11. The van der Waals surface area contributed by atoms with Crippen LogP contribution >= 0.6 is 0 Å². The van der Waals surface area contributed by atoms with Gasteiger partial charge in [0.15, 0.2) is 11.5 Å². The van der Waals surface area contributed by atoms with Crippen LogP contribution in [-0.2, 0) is 4.79 Å². The fourth-order valence-electron chi connectivity index (χ4n) is 2.11. The maximum atomic E-state index is 12.4. The summed E-state index contributed by atoms with van der Waals surface area (Å²) in [4.78, 5) is 13.9. The van der Waals surface area contributed by atoms with Crippen LogP contribution in [0, 0.1) is 5.92 Å². The van der Waals surface area contributed by atoms with E-state index in [9.17, 15) is 4.79 Å². The number of amides is 1. The molecule has 1 aromatic carbocycles. The Labute approximate surface area is 126 Å². The Bertz CT molecular complexity index is 466. The van der Waals surface area contributed by atoms with Gasteiger partial charge in [0, 0.05) is 31.6 Å². The van der Waals surface area contributed by atoms with Crippen molar-refractivity contribution in [1.29, 1.82) is 0 Å². The third-order valence-corrected chi connectivity index (χ3v) is 3.30. The SMILES string of the molecule is CNCC(C)C(=O)N(C)c1cc(OC)c(OC)c(OC)c1. The van der Waals surface area contributed by atoms with Crippen molar-refractivity contribution in [2.45, 2.75) is 6.92 Å². The molecule has 0 aliphatic carbocycles. The van der Waals surface area contributed by atoms with Gasteiger partial charge in [-0.1, -0.05) is 6.92 Å². The Morgan fingerprint density at radius 1 is 1.19 bits per heavy atom. The molecule has 6 nitrogen and oxygen atoms in total. The second-order valence-electron chi connectivity index (χ2n) is 4.74. The fraction of sp³-hybridized carbons (Fsp3) is 0.533. The molecular formula is C15H24N2O4. The number of nitrogens with one attached hydrogen (secondary N) is 1. The van der Waals surface area contributed by atoms with Crippen LogP contribution in [0.2, 0.25) is 0 Å². The first-order valence-electron chi connectivity index (χ1n) is 6.72. The summed E-state index contributed by atoms with van der Waals surface area (Å²) in [5.74, 6) is 1.44. The van der Waals surface area contributed by atoms with Crippen molar-refractivity contribution < 1.29 is 19.0 Å². The summed E-state index contributed by atoms with van der Waals surface area (Å²) < 4.78 is 15.9. The van der Waals surface area contributed by atoms with Crippen LogP contribution in [-0.4, -0.2) is 47.9 Å². The summed E-state index contributed by atoms with van der Waals surface area (Å²) in [7, 11) is 8.20. The summed E-state index contributed by atoms with van der Waals surface area (Å²) in [5, 5.41) is 3.00. The van der Waals surface area contributed by atoms with Crippen LogP contribution < -0.4 is 24.4 Å². The van der Waals surface area contributed by atoms with Crippen LogP contribution in [0.15, 0.2) is 12.1 Å². The van der Waals surface area contributed by atoms with E-state index in [1.54, 1.807) is 45.4 Å². The zero-order chi connectivity index (χ0) is 16.0. The molecule has 1 unspecified atom stereocenters. The lowest BCUT2D eigenvalue weighted by Gasteiger charge is -2.23. The minimum absolute atomic E-state index is 0.0126. The molecule has 1 rings (SSSR count). The Morgan fingerprint density at radius 2 is 1.71 bits per heavy atom. The Morgan fingerprint density at radius 3 is 2.10 bits per heavy atom. The number of ether oxygens (including phenoxy) is 3. The summed E-state index contributed by atoms with van der Waals surface area (Å²) >= 11 is 0. The van der Waals surface area contributed by atoms with Gasteiger partial charge >= 0.3 is 0 Å². The van der Waals surface area contributed by atoms with Crippen LogP contribution in [0.3, 0.4) is 0 Å². The highest BCUT2D eigenvalue weighted by atomic mass is 16.5. The third kappa shape index (κ3) is 3.78. The number of anilines is 1. The lowest BCUT2D eigenvalue weighted by molar-refractivity contribution is -0.121. The number of nitrogens with zero attached hydrogens (tertiary/aromatic N) is 1. The maximum absolute atomic E-state index is 12.4. The molecule has 0 saturated heterocycles. The Balaban J connectivity index is 3.15. The van der Waals surface area contributed by atoms with Gasteiger partial charge in [0.05, 0.1) is 27.0 Å². The minimum atomic E-state index is -0.126. The molecule has 118 valence electrons. The van der Waals surface area contributed by atoms with Gasteiger partial charge in [-0.05, 0) is 7.05 Å². The molecule has 0 aromatic heterocycles. The molecule has 0 radical (unpaired) electrons. The van der Waals surface area contributed by atoms with E-state index >= 15 is 0 Å². The number of carbonyl (C=O) groups is 1. The van der Waals surface area contributed by atoms with Crippen molar-refractivity contribution in [3.8, 4) is 17.2 Å². The summed E-state index contributed by atoms with van der Waals surface area (Å²) in [6, 6.07) is 3.51. The van der Waals surface area contributed by atoms with Gasteiger partial charge in [-0.3, -0.25) is 4.79 Å². The van der Waals surface area contributed by atoms with E-state index in [0.29, 0.717) is 29.5 Å². The van der Waals surface area contributed by atoms with E-state index in [1.165, 1.54) is 0 Å².